The lowest BCUT2D eigenvalue weighted by Gasteiger charge is -2.34. The number of rotatable bonds is 7. The van der Waals surface area contributed by atoms with Crippen LogP contribution in [0.3, 0.4) is 0 Å². The van der Waals surface area contributed by atoms with Crippen LogP contribution in [0, 0.1) is 13.8 Å². The molecule has 3 aromatic rings. The van der Waals surface area contributed by atoms with E-state index in [1.807, 2.05) is 25.5 Å². The summed E-state index contributed by atoms with van der Waals surface area (Å²) in [7, 11) is 0. The van der Waals surface area contributed by atoms with E-state index in [0.717, 1.165) is 42.3 Å². The lowest BCUT2D eigenvalue weighted by atomic mass is 10.1. The van der Waals surface area contributed by atoms with Crippen LogP contribution in [0.4, 0.5) is 5.13 Å². The summed E-state index contributed by atoms with van der Waals surface area (Å²) >= 11 is 2.95. The number of hydrogen-bond acceptors (Lipinski definition) is 9. The molecule has 4 rings (SSSR count). The fourth-order valence-corrected chi connectivity index (χ4v) is 5.19. The van der Waals surface area contributed by atoms with Gasteiger partial charge < -0.3 is 10.1 Å². The van der Waals surface area contributed by atoms with Gasteiger partial charge in [-0.05, 0) is 45.9 Å². The van der Waals surface area contributed by atoms with E-state index in [-0.39, 0.29) is 18.1 Å². The summed E-state index contributed by atoms with van der Waals surface area (Å²) in [4.78, 5) is 28.5. The maximum Gasteiger partial charge on any atom is 0.253 e. The first-order valence-electron chi connectivity index (χ1n) is 10.7. The number of carbonyl (C=O) groups excluding carboxylic acids is 1. The topological polar surface area (TPSA) is 97.5 Å². The maximum atomic E-state index is 12.6. The van der Waals surface area contributed by atoms with Gasteiger partial charge in [-0.3, -0.25) is 9.69 Å². The minimum atomic E-state index is -0.0539. The molecule has 1 N–H and O–H groups in total. The second-order valence-electron chi connectivity index (χ2n) is 8.22. The van der Waals surface area contributed by atoms with E-state index in [4.69, 9.17) is 4.74 Å². The van der Waals surface area contributed by atoms with Crippen molar-refractivity contribution in [2.45, 2.75) is 64.4 Å². The summed E-state index contributed by atoms with van der Waals surface area (Å²) in [5.41, 5.74) is 3.86. The van der Waals surface area contributed by atoms with E-state index < -0.39 is 0 Å². The zero-order chi connectivity index (χ0) is 22.8. The number of fused-ring (bicyclic) bond motifs is 1. The number of ether oxygens (including phenoxy) is 1. The molecule has 32 heavy (non-hydrogen) atoms. The third kappa shape index (κ3) is 5.28. The van der Waals surface area contributed by atoms with Gasteiger partial charge in [-0.1, -0.05) is 11.8 Å². The Bertz CT molecular complexity index is 1100. The van der Waals surface area contributed by atoms with Gasteiger partial charge in [0.15, 0.2) is 5.13 Å². The van der Waals surface area contributed by atoms with Gasteiger partial charge in [0.05, 0.1) is 17.9 Å². The molecule has 172 valence electrons. The maximum absolute atomic E-state index is 12.6. The standard InChI is InChI=1S/C21H29N7O2S2/c1-12-8-27(9-13(2)30-12)10-16-11-32-20(23-16)24-18(29)7-6-17-14(3)22-19-25-21(31-5)26-28(19)15(17)4/h11-13H,6-10H2,1-5H3,(H,23,24,29). The van der Waals surface area contributed by atoms with Crippen molar-refractivity contribution >= 4 is 39.9 Å². The molecular formula is C21H29N7O2S2. The highest BCUT2D eigenvalue weighted by molar-refractivity contribution is 7.98. The fraction of sp³-hybridized carbons (Fsp3) is 0.571. The number of nitrogens with one attached hydrogen (secondary N) is 1. The van der Waals surface area contributed by atoms with Gasteiger partial charge in [-0.15, -0.1) is 16.4 Å². The Kier molecular flexibility index (Phi) is 7.08. The van der Waals surface area contributed by atoms with Crippen LogP contribution in [-0.4, -0.2) is 66.9 Å². The first kappa shape index (κ1) is 23.1. The Morgan fingerprint density at radius 1 is 1.25 bits per heavy atom. The molecule has 0 saturated carbocycles. The molecule has 11 heteroatoms. The Labute approximate surface area is 196 Å². The van der Waals surface area contributed by atoms with Crippen LogP contribution in [0.15, 0.2) is 10.5 Å². The molecule has 0 spiro atoms. The van der Waals surface area contributed by atoms with Crippen molar-refractivity contribution in [1.82, 2.24) is 29.5 Å². The molecule has 1 amide bonds. The molecule has 9 nitrogen and oxygen atoms in total. The number of nitrogens with zero attached hydrogens (tertiary/aromatic N) is 6. The lowest BCUT2D eigenvalue weighted by Crippen LogP contribution is -2.44. The highest BCUT2D eigenvalue weighted by atomic mass is 32.2. The van der Waals surface area contributed by atoms with Crippen molar-refractivity contribution in [3.63, 3.8) is 0 Å². The monoisotopic (exact) mass is 475 g/mol. The van der Waals surface area contributed by atoms with Gasteiger partial charge in [0.25, 0.3) is 5.78 Å². The number of amides is 1. The first-order valence-corrected chi connectivity index (χ1v) is 12.8. The Hall–Kier alpha value is -2.08. The predicted molar refractivity (Wildman–Crippen MR) is 126 cm³/mol. The van der Waals surface area contributed by atoms with Crippen molar-refractivity contribution in [2.75, 3.05) is 24.7 Å². The number of aryl methyl sites for hydroxylation is 2. The van der Waals surface area contributed by atoms with E-state index in [0.29, 0.717) is 28.9 Å². The number of morpholine rings is 1. The zero-order valence-corrected chi connectivity index (χ0v) is 20.7. The average Bonchev–Trinajstić information content (AvgIpc) is 3.33. The minimum absolute atomic E-state index is 0.0539. The molecule has 1 aliphatic rings. The average molecular weight is 476 g/mol. The van der Waals surface area contributed by atoms with E-state index in [2.05, 4.69) is 44.1 Å². The SMILES string of the molecule is CSc1nc2nc(C)c(CCC(=O)Nc3nc(CN4CC(C)OC(C)C4)cs3)c(C)n2n1. The molecule has 1 saturated heterocycles. The van der Waals surface area contributed by atoms with Crippen molar-refractivity contribution < 1.29 is 9.53 Å². The van der Waals surface area contributed by atoms with Crippen LogP contribution < -0.4 is 5.32 Å². The van der Waals surface area contributed by atoms with Crippen LogP contribution in [0.5, 0.6) is 0 Å². The predicted octanol–water partition coefficient (Wildman–Crippen LogP) is 3.10. The first-order chi connectivity index (χ1) is 15.3. The summed E-state index contributed by atoms with van der Waals surface area (Å²) < 4.78 is 7.55. The number of thiazole rings is 1. The normalized spacial score (nSPS) is 19.5. The Morgan fingerprint density at radius 3 is 2.72 bits per heavy atom. The van der Waals surface area contributed by atoms with Gasteiger partial charge >= 0.3 is 0 Å². The molecule has 0 aliphatic carbocycles. The van der Waals surface area contributed by atoms with E-state index in [1.54, 1.807) is 4.52 Å². The van der Waals surface area contributed by atoms with E-state index in [9.17, 15) is 4.79 Å². The second kappa shape index (κ2) is 9.82. The second-order valence-corrected chi connectivity index (χ2v) is 9.85. The molecule has 3 aromatic heterocycles. The molecule has 1 aliphatic heterocycles. The summed E-state index contributed by atoms with van der Waals surface area (Å²) in [6.07, 6.45) is 3.33. The number of anilines is 1. The molecule has 1 fully saturated rings. The molecular weight excluding hydrogens is 446 g/mol. The third-order valence-electron chi connectivity index (χ3n) is 5.49. The smallest absolute Gasteiger partial charge is 0.253 e. The van der Waals surface area contributed by atoms with Gasteiger partial charge in [-0.2, -0.15) is 4.98 Å². The van der Waals surface area contributed by atoms with Crippen LogP contribution in [0.2, 0.25) is 0 Å². The quantitative estimate of drug-likeness (QED) is 0.521. The molecule has 0 aromatic carbocycles. The van der Waals surface area contributed by atoms with Gasteiger partial charge in [0, 0.05) is 42.8 Å². The third-order valence-corrected chi connectivity index (χ3v) is 6.84. The summed E-state index contributed by atoms with van der Waals surface area (Å²) in [6, 6.07) is 0. The van der Waals surface area contributed by atoms with Crippen LogP contribution in [0.25, 0.3) is 5.78 Å². The fourth-order valence-electron chi connectivity index (χ4n) is 4.14. The van der Waals surface area contributed by atoms with E-state index in [1.165, 1.54) is 23.1 Å². The van der Waals surface area contributed by atoms with Crippen molar-refractivity contribution in [3.05, 3.63) is 28.0 Å². The molecule has 2 atom stereocenters. The van der Waals surface area contributed by atoms with Crippen molar-refractivity contribution in [1.29, 1.82) is 0 Å². The highest BCUT2D eigenvalue weighted by Crippen LogP contribution is 2.21. The van der Waals surface area contributed by atoms with Crippen molar-refractivity contribution in [2.24, 2.45) is 0 Å². The Balaban J connectivity index is 1.35. The number of thioether (sulfide) groups is 1. The number of hydrogen-bond donors (Lipinski definition) is 1. The number of carbonyl (C=O) groups is 1. The summed E-state index contributed by atoms with van der Waals surface area (Å²) in [5.74, 6) is 0.540. The largest absolute Gasteiger partial charge is 0.373 e. The number of aromatic nitrogens is 5. The zero-order valence-electron chi connectivity index (χ0n) is 19.1. The van der Waals surface area contributed by atoms with Crippen LogP contribution >= 0.6 is 23.1 Å². The van der Waals surface area contributed by atoms with Gasteiger partial charge in [0.1, 0.15) is 0 Å². The molecule has 2 unspecified atom stereocenters. The van der Waals surface area contributed by atoms with Crippen LogP contribution in [-0.2, 0) is 22.5 Å². The van der Waals surface area contributed by atoms with Gasteiger partial charge in [-0.25, -0.2) is 14.5 Å². The van der Waals surface area contributed by atoms with E-state index >= 15 is 0 Å². The van der Waals surface area contributed by atoms with Crippen molar-refractivity contribution in [3.8, 4) is 0 Å². The Morgan fingerprint density at radius 2 is 2.00 bits per heavy atom. The van der Waals surface area contributed by atoms with Crippen LogP contribution in [0.1, 0.15) is 42.9 Å². The molecule has 4 heterocycles. The molecule has 0 radical (unpaired) electrons. The molecule has 0 bridgehead atoms. The summed E-state index contributed by atoms with van der Waals surface area (Å²) in [6.45, 7) is 10.7. The summed E-state index contributed by atoms with van der Waals surface area (Å²) in [5, 5.41) is 10.8. The minimum Gasteiger partial charge on any atom is -0.373 e. The lowest BCUT2D eigenvalue weighted by molar-refractivity contribution is -0.116. The highest BCUT2D eigenvalue weighted by Gasteiger charge is 2.23. The van der Waals surface area contributed by atoms with Gasteiger partial charge in [0.2, 0.25) is 11.1 Å².